The highest BCUT2D eigenvalue weighted by molar-refractivity contribution is 7.99. The minimum Gasteiger partial charge on any atom is -0.352 e. The third-order valence-electron chi connectivity index (χ3n) is 4.99. The number of anilines is 1. The molecule has 0 saturated heterocycles. The Morgan fingerprint density at radius 2 is 1.93 bits per heavy atom. The lowest BCUT2D eigenvalue weighted by atomic mass is 10.1. The van der Waals surface area contributed by atoms with E-state index in [0.29, 0.717) is 35.7 Å². The summed E-state index contributed by atoms with van der Waals surface area (Å²) in [5.74, 6) is 1.89. The third-order valence-corrected chi connectivity index (χ3v) is 5.94. The molecule has 0 spiro atoms. The number of amides is 2. The van der Waals surface area contributed by atoms with Crippen molar-refractivity contribution in [2.24, 2.45) is 5.92 Å². The molecule has 2 saturated carbocycles. The molecule has 0 bridgehead atoms. The van der Waals surface area contributed by atoms with Gasteiger partial charge in [-0.25, -0.2) is 0 Å². The van der Waals surface area contributed by atoms with Crippen molar-refractivity contribution in [3.8, 4) is 0 Å². The summed E-state index contributed by atoms with van der Waals surface area (Å²) in [7, 11) is 0. The van der Waals surface area contributed by atoms with Crippen LogP contribution in [-0.2, 0) is 4.79 Å². The minimum absolute atomic E-state index is 0.155. The van der Waals surface area contributed by atoms with Gasteiger partial charge in [-0.05, 0) is 43.7 Å². The normalized spacial score (nSPS) is 16.1. The average Bonchev–Trinajstić information content (AvgIpc) is 3.63. The van der Waals surface area contributed by atoms with Gasteiger partial charge in [-0.15, -0.1) is 10.2 Å². The van der Waals surface area contributed by atoms with Gasteiger partial charge in [0.05, 0.1) is 17.0 Å². The maximum Gasteiger partial charge on any atom is 0.253 e. The van der Waals surface area contributed by atoms with E-state index >= 15 is 0 Å². The zero-order valence-corrected chi connectivity index (χ0v) is 17.7. The molecule has 2 aliphatic rings. The van der Waals surface area contributed by atoms with Gasteiger partial charge in [0.1, 0.15) is 5.82 Å². The number of carbonyl (C=O) groups is 2. The highest BCUT2D eigenvalue weighted by Gasteiger charge is 2.36. The fourth-order valence-electron chi connectivity index (χ4n) is 3.18. The first-order chi connectivity index (χ1) is 14.0. The van der Waals surface area contributed by atoms with Crippen molar-refractivity contribution in [1.29, 1.82) is 0 Å². The molecule has 2 aliphatic carbocycles. The molecular formula is C21H27N5O2S. The first-order valence-electron chi connectivity index (χ1n) is 10.3. The lowest BCUT2D eigenvalue weighted by Gasteiger charge is -2.12. The summed E-state index contributed by atoms with van der Waals surface area (Å²) in [4.78, 5) is 25.0. The van der Waals surface area contributed by atoms with Crippen molar-refractivity contribution in [2.45, 2.75) is 56.6 Å². The van der Waals surface area contributed by atoms with E-state index in [2.05, 4.69) is 25.4 Å². The Balaban J connectivity index is 1.38. The molecule has 0 atom stereocenters. The van der Waals surface area contributed by atoms with Crippen molar-refractivity contribution in [3.63, 3.8) is 0 Å². The lowest BCUT2D eigenvalue weighted by Crippen LogP contribution is -2.28. The second-order valence-corrected chi connectivity index (χ2v) is 9.15. The Morgan fingerprint density at radius 1 is 1.17 bits per heavy atom. The van der Waals surface area contributed by atoms with Crippen molar-refractivity contribution in [2.75, 3.05) is 17.6 Å². The van der Waals surface area contributed by atoms with E-state index in [-0.39, 0.29) is 17.6 Å². The van der Waals surface area contributed by atoms with Crippen molar-refractivity contribution in [3.05, 3.63) is 35.7 Å². The number of hydrogen-bond acceptors (Lipinski definition) is 5. The summed E-state index contributed by atoms with van der Waals surface area (Å²) >= 11 is 1.41. The molecule has 1 aromatic heterocycles. The van der Waals surface area contributed by atoms with Crippen molar-refractivity contribution in [1.82, 2.24) is 20.1 Å². The van der Waals surface area contributed by atoms with Crippen molar-refractivity contribution < 1.29 is 9.59 Å². The predicted molar refractivity (Wildman–Crippen MR) is 113 cm³/mol. The van der Waals surface area contributed by atoms with E-state index < -0.39 is 0 Å². The summed E-state index contributed by atoms with van der Waals surface area (Å²) in [6.45, 7) is 4.68. The van der Waals surface area contributed by atoms with E-state index in [4.69, 9.17) is 0 Å². The fraction of sp³-hybridized carbons (Fsp3) is 0.524. The molecule has 2 amide bonds. The number of nitrogens with one attached hydrogen (secondary N) is 2. The molecule has 154 valence electrons. The number of thioether (sulfide) groups is 1. The van der Waals surface area contributed by atoms with Gasteiger partial charge in [0.25, 0.3) is 5.91 Å². The van der Waals surface area contributed by atoms with Crippen LogP contribution in [0.1, 0.15) is 67.7 Å². The molecule has 29 heavy (non-hydrogen) atoms. The van der Waals surface area contributed by atoms with Crippen LogP contribution in [0.2, 0.25) is 0 Å². The van der Waals surface area contributed by atoms with Crippen LogP contribution in [0.3, 0.4) is 0 Å². The van der Waals surface area contributed by atoms with Crippen LogP contribution in [0.15, 0.2) is 29.4 Å². The number of carbonyl (C=O) groups excluding carboxylic acids is 2. The van der Waals surface area contributed by atoms with E-state index in [1.54, 1.807) is 18.2 Å². The molecule has 0 unspecified atom stereocenters. The van der Waals surface area contributed by atoms with Crippen LogP contribution in [0, 0.1) is 5.92 Å². The molecule has 0 radical (unpaired) electrons. The Bertz CT molecular complexity index is 902. The van der Waals surface area contributed by atoms with Crippen molar-refractivity contribution >= 4 is 29.3 Å². The molecule has 2 N–H and O–H groups in total. The van der Waals surface area contributed by atoms with Gasteiger partial charge in [0.15, 0.2) is 5.16 Å². The van der Waals surface area contributed by atoms with E-state index in [1.807, 2.05) is 19.9 Å². The van der Waals surface area contributed by atoms with Gasteiger partial charge in [0.2, 0.25) is 5.91 Å². The van der Waals surface area contributed by atoms with E-state index in [9.17, 15) is 9.59 Å². The largest absolute Gasteiger partial charge is 0.352 e. The number of rotatable bonds is 9. The quantitative estimate of drug-likeness (QED) is 0.613. The molecule has 7 nitrogen and oxygen atoms in total. The second kappa shape index (κ2) is 8.57. The molecule has 8 heteroatoms. The van der Waals surface area contributed by atoms with Gasteiger partial charge in [-0.1, -0.05) is 37.7 Å². The number of para-hydroxylation sites is 1. The standard InChI is InChI=1S/C21H27N5O2S/c1-13(2)11-22-20(28)16-5-3-4-6-17(16)23-18(27)12-29-21-25-24-19(14-7-8-14)26(21)15-9-10-15/h3-6,13-15H,7-12H2,1-2H3,(H,22,28)(H,23,27). The third kappa shape index (κ3) is 4.98. The van der Waals surface area contributed by atoms with Gasteiger partial charge in [0, 0.05) is 18.5 Å². The number of hydrogen-bond donors (Lipinski definition) is 2. The predicted octanol–water partition coefficient (Wildman–Crippen LogP) is 3.61. The topological polar surface area (TPSA) is 88.9 Å². The maximum atomic E-state index is 12.6. The van der Waals surface area contributed by atoms with E-state index in [1.165, 1.54) is 24.6 Å². The highest BCUT2D eigenvalue weighted by atomic mass is 32.2. The van der Waals surface area contributed by atoms with Gasteiger partial charge in [-0.3, -0.25) is 9.59 Å². The zero-order chi connectivity index (χ0) is 20.4. The molecule has 2 fully saturated rings. The summed E-state index contributed by atoms with van der Waals surface area (Å²) in [5, 5.41) is 15.3. The molecule has 0 aliphatic heterocycles. The SMILES string of the molecule is CC(C)CNC(=O)c1ccccc1NC(=O)CSc1nnc(C2CC2)n1C1CC1. The molecular weight excluding hydrogens is 386 g/mol. The Hall–Kier alpha value is -2.35. The smallest absolute Gasteiger partial charge is 0.253 e. The van der Waals surface area contributed by atoms with Crippen LogP contribution >= 0.6 is 11.8 Å². The lowest BCUT2D eigenvalue weighted by molar-refractivity contribution is -0.113. The molecule has 1 aromatic carbocycles. The monoisotopic (exact) mass is 413 g/mol. The first kappa shape index (κ1) is 19.9. The Morgan fingerprint density at radius 3 is 2.62 bits per heavy atom. The summed E-state index contributed by atoms with van der Waals surface area (Å²) in [5.41, 5.74) is 1.00. The number of nitrogens with zero attached hydrogens (tertiary/aromatic N) is 3. The average molecular weight is 414 g/mol. The van der Waals surface area contributed by atoms with Crippen LogP contribution in [-0.4, -0.2) is 38.9 Å². The highest BCUT2D eigenvalue weighted by Crippen LogP contribution is 2.45. The van der Waals surface area contributed by atoms with Crippen LogP contribution in [0.25, 0.3) is 0 Å². The summed E-state index contributed by atoms with van der Waals surface area (Å²) in [6, 6.07) is 7.59. The maximum absolute atomic E-state index is 12.6. The summed E-state index contributed by atoms with van der Waals surface area (Å²) < 4.78 is 2.24. The number of aromatic nitrogens is 3. The molecule has 1 heterocycles. The number of benzene rings is 1. The van der Waals surface area contributed by atoms with Crippen LogP contribution in [0.5, 0.6) is 0 Å². The Labute approximate surface area is 175 Å². The Kier molecular flexibility index (Phi) is 5.89. The summed E-state index contributed by atoms with van der Waals surface area (Å²) in [6.07, 6.45) is 4.70. The molecule has 2 aromatic rings. The second-order valence-electron chi connectivity index (χ2n) is 8.20. The first-order valence-corrected chi connectivity index (χ1v) is 11.3. The fourth-order valence-corrected chi connectivity index (χ4v) is 3.99. The van der Waals surface area contributed by atoms with Gasteiger partial charge < -0.3 is 15.2 Å². The molecule has 4 rings (SSSR count). The zero-order valence-electron chi connectivity index (χ0n) is 16.9. The van der Waals surface area contributed by atoms with Gasteiger partial charge in [-0.2, -0.15) is 0 Å². The van der Waals surface area contributed by atoms with E-state index in [0.717, 1.165) is 23.8 Å². The van der Waals surface area contributed by atoms with Crippen LogP contribution in [0.4, 0.5) is 5.69 Å². The van der Waals surface area contributed by atoms with Gasteiger partial charge >= 0.3 is 0 Å². The minimum atomic E-state index is -0.176. The van der Waals surface area contributed by atoms with Crippen LogP contribution < -0.4 is 10.6 Å².